The second kappa shape index (κ2) is 5.91. The first-order valence-corrected chi connectivity index (χ1v) is 7.79. The maximum atomic E-state index is 12.7. The van der Waals surface area contributed by atoms with Crippen molar-refractivity contribution in [2.45, 2.75) is 32.3 Å². The molecular formula is C18H21N3O2. The molecule has 23 heavy (non-hydrogen) atoms. The summed E-state index contributed by atoms with van der Waals surface area (Å²) in [7, 11) is 0. The number of ether oxygens (including phenoxy) is 1. The molecule has 5 heteroatoms. The average Bonchev–Trinajstić information content (AvgIpc) is 2.53. The van der Waals surface area contributed by atoms with Crippen molar-refractivity contribution in [1.29, 1.82) is 0 Å². The number of nitrogens with zero attached hydrogens (tertiary/aromatic N) is 2. The Morgan fingerprint density at radius 2 is 1.91 bits per heavy atom. The number of hydrogen-bond acceptors (Lipinski definition) is 4. The van der Waals surface area contributed by atoms with Gasteiger partial charge in [0.05, 0.1) is 0 Å². The molecule has 5 nitrogen and oxygen atoms in total. The van der Waals surface area contributed by atoms with Gasteiger partial charge in [-0.1, -0.05) is 30.3 Å². The number of carbonyl (C=O) groups excluding carboxylic acids is 1. The molecule has 0 saturated heterocycles. The second-order valence-electron chi connectivity index (χ2n) is 6.22. The fourth-order valence-electron chi connectivity index (χ4n) is 2.76. The Hall–Kier alpha value is -2.56. The van der Waals surface area contributed by atoms with Crippen LogP contribution < -0.4 is 15.4 Å². The number of pyridine rings is 1. The third kappa shape index (κ3) is 3.13. The Kier molecular flexibility index (Phi) is 3.94. The average molecular weight is 311 g/mol. The summed E-state index contributed by atoms with van der Waals surface area (Å²) < 4.78 is 5.77. The van der Waals surface area contributed by atoms with Gasteiger partial charge in [-0.15, -0.1) is 0 Å². The summed E-state index contributed by atoms with van der Waals surface area (Å²) in [5.74, 6) is 1.41. The number of carbonyl (C=O) groups is 1. The lowest BCUT2D eigenvalue weighted by atomic mass is 10.0. The van der Waals surface area contributed by atoms with Crippen molar-refractivity contribution in [2.75, 3.05) is 17.2 Å². The highest BCUT2D eigenvalue weighted by Gasteiger charge is 2.41. The molecule has 0 atom stereocenters. The minimum Gasteiger partial charge on any atom is -0.474 e. The largest absolute Gasteiger partial charge is 0.474 e. The first kappa shape index (κ1) is 15.3. The molecule has 1 amide bonds. The Labute approximate surface area is 136 Å². The molecular weight excluding hydrogens is 290 g/mol. The SMILES string of the molecule is CC1(C)Oc2ccc(N)nc2N(CCCc2ccccc2)C1=O. The number of benzene rings is 1. The topological polar surface area (TPSA) is 68.5 Å². The van der Waals surface area contributed by atoms with Crippen LogP contribution in [0.25, 0.3) is 0 Å². The monoisotopic (exact) mass is 311 g/mol. The first-order valence-electron chi connectivity index (χ1n) is 7.79. The van der Waals surface area contributed by atoms with E-state index in [2.05, 4.69) is 17.1 Å². The van der Waals surface area contributed by atoms with Crippen LogP contribution >= 0.6 is 0 Å². The predicted molar refractivity (Wildman–Crippen MR) is 90.5 cm³/mol. The molecule has 0 saturated carbocycles. The Morgan fingerprint density at radius 1 is 1.17 bits per heavy atom. The van der Waals surface area contributed by atoms with E-state index in [0.717, 1.165) is 12.8 Å². The zero-order valence-electron chi connectivity index (χ0n) is 13.5. The standard InChI is InChI=1S/C18H21N3O2/c1-18(2)17(22)21(12-6-9-13-7-4-3-5-8-13)16-14(23-18)10-11-15(19)20-16/h3-5,7-8,10-11H,6,9,12H2,1-2H3,(H2,19,20). The third-order valence-corrected chi connectivity index (χ3v) is 3.93. The maximum Gasteiger partial charge on any atom is 0.271 e. The number of hydrogen-bond donors (Lipinski definition) is 1. The van der Waals surface area contributed by atoms with E-state index in [9.17, 15) is 4.79 Å². The second-order valence-corrected chi connectivity index (χ2v) is 6.22. The summed E-state index contributed by atoms with van der Waals surface area (Å²) in [6.07, 6.45) is 1.76. The van der Waals surface area contributed by atoms with E-state index in [0.29, 0.717) is 23.9 Å². The fourth-order valence-corrected chi connectivity index (χ4v) is 2.76. The normalized spacial score (nSPS) is 15.9. The van der Waals surface area contributed by atoms with Gasteiger partial charge in [-0.2, -0.15) is 0 Å². The molecule has 3 rings (SSSR count). The number of amides is 1. The number of fused-ring (bicyclic) bond motifs is 1. The highest BCUT2D eigenvalue weighted by molar-refractivity contribution is 6.01. The molecule has 0 radical (unpaired) electrons. The number of anilines is 2. The van der Waals surface area contributed by atoms with Gasteiger partial charge in [0.25, 0.3) is 5.91 Å². The molecule has 1 aliphatic rings. The van der Waals surface area contributed by atoms with Crippen molar-refractivity contribution < 1.29 is 9.53 Å². The van der Waals surface area contributed by atoms with Gasteiger partial charge in [0.15, 0.2) is 17.2 Å². The van der Waals surface area contributed by atoms with Gasteiger partial charge in [0.1, 0.15) is 5.82 Å². The van der Waals surface area contributed by atoms with Gasteiger partial charge >= 0.3 is 0 Å². The summed E-state index contributed by atoms with van der Waals surface area (Å²) in [5.41, 5.74) is 6.14. The van der Waals surface area contributed by atoms with Crippen molar-refractivity contribution in [3.05, 3.63) is 48.0 Å². The Bertz CT molecular complexity index is 713. The van der Waals surface area contributed by atoms with E-state index < -0.39 is 5.60 Å². The number of nitrogens with two attached hydrogens (primary N) is 1. The summed E-state index contributed by atoms with van der Waals surface area (Å²) in [6.45, 7) is 4.14. The molecule has 2 N–H and O–H groups in total. The summed E-state index contributed by atoms with van der Waals surface area (Å²) in [5, 5.41) is 0. The van der Waals surface area contributed by atoms with E-state index >= 15 is 0 Å². The quantitative estimate of drug-likeness (QED) is 0.942. The van der Waals surface area contributed by atoms with Crippen LogP contribution in [0.5, 0.6) is 5.75 Å². The number of nitrogen functional groups attached to an aromatic ring is 1. The van der Waals surface area contributed by atoms with Crippen LogP contribution in [-0.4, -0.2) is 23.0 Å². The van der Waals surface area contributed by atoms with E-state index in [-0.39, 0.29) is 5.91 Å². The number of aryl methyl sites for hydroxylation is 1. The lowest BCUT2D eigenvalue weighted by Gasteiger charge is -2.38. The summed E-state index contributed by atoms with van der Waals surface area (Å²) in [4.78, 5) is 18.7. The molecule has 2 aromatic rings. The van der Waals surface area contributed by atoms with Gasteiger partial charge in [0, 0.05) is 6.54 Å². The smallest absolute Gasteiger partial charge is 0.271 e. The van der Waals surface area contributed by atoms with Crippen LogP contribution in [0.3, 0.4) is 0 Å². The molecule has 1 aliphatic heterocycles. The van der Waals surface area contributed by atoms with E-state index in [1.165, 1.54) is 5.56 Å². The minimum absolute atomic E-state index is 0.0869. The van der Waals surface area contributed by atoms with Crippen LogP contribution in [0.2, 0.25) is 0 Å². The minimum atomic E-state index is -0.891. The lowest BCUT2D eigenvalue weighted by Crippen LogP contribution is -2.53. The molecule has 0 aliphatic carbocycles. The summed E-state index contributed by atoms with van der Waals surface area (Å²) >= 11 is 0. The highest BCUT2D eigenvalue weighted by atomic mass is 16.5. The van der Waals surface area contributed by atoms with Crippen molar-refractivity contribution in [3.8, 4) is 5.75 Å². The Balaban J connectivity index is 1.79. The van der Waals surface area contributed by atoms with E-state index in [1.807, 2.05) is 18.2 Å². The fraction of sp³-hybridized carbons (Fsp3) is 0.333. The molecule has 1 aromatic heterocycles. The van der Waals surface area contributed by atoms with Crippen LogP contribution in [0.1, 0.15) is 25.8 Å². The maximum absolute atomic E-state index is 12.7. The van der Waals surface area contributed by atoms with Gasteiger partial charge in [0.2, 0.25) is 0 Å². The lowest BCUT2D eigenvalue weighted by molar-refractivity contribution is -0.132. The third-order valence-electron chi connectivity index (χ3n) is 3.93. The highest BCUT2D eigenvalue weighted by Crippen LogP contribution is 2.36. The number of aromatic nitrogens is 1. The zero-order chi connectivity index (χ0) is 16.4. The van der Waals surface area contributed by atoms with Crippen LogP contribution in [0.15, 0.2) is 42.5 Å². The molecule has 0 spiro atoms. The molecule has 0 fully saturated rings. The zero-order valence-corrected chi connectivity index (χ0v) is 13.5. The molecule has 1 aromatic carbocycles. The van der Waals surface area contributed by atoms with Gasteiger partial charge < -0.3 is 10.5 Å². The van der Waals surface area contributed by atoms with Crippen LogP contribution in [0.4, 0.5) is 11.6 Å². The van der Waals surface area contributed by atoms with Gasteiger partial charge in [-0.25, -0.2) is 4.98 Å². The molecule has 120 valence electrons. The predicted octanol–water partition coefficient (Wildman–Crippen LogP) is 2.80. The molecule has 0 unspecified atom stereocenters. The van der Waals surface area contributed by atoms with Crippen molar-refractivity contribution in [3.63, 3.8) is 0 Å². The summed E-state index contributed by atoms with van der Waals surface area (Å²) in [6, 6.07) is 13.7. The first-order chi connectivity index (χ1) is 11.0. The molecule has 2 heterocycles. The Morgan fingerprint density at radius 3 is 2.65 bits per heavy atom. The van der Waals surface area contributed by atoms with Crippen molar-refractivity contribution in [2.24, 2.45) is 0 Å². The number of rotatable bonds is 4. The van der Waals surface area contributed by atoms with Crippen LogP contribution in [0, 0.1) is 0 Å². The van der Waals surface area contributed by atoms with Crippen molar-refractivity contribution >= 4 is 17.5 Å². The van der Waals surface area contributed by atoms with Gasteiger partial charge in [-0.3, -0.25) is 9.69 Å². The van der Waals surface area contributed by atoms with E-state index in [4.69, 9.17) is 10.5 Å². The van der Waals surface area contributed by atoms with E-state index in [1.54, 1.807) is 30.9 Å². The van der Waals surface area contributed by atoms with Crippen LogP contribution in [-0.2, 0) is 11.2 Å². The molecule has 0 bridgehead atoms. The van der Waals surface area contributed by atoms with Gasteiger partial charge in [-0.05, 0) is 44.4 Å². The van der Waals surface area contributed by atoms with Crippen molar-refractivity contribution in [1.82, 2.24) is 4.98 Å².